The van der Waals surface area contributed by atoms with E-state index < -0.39 is 20.0 Å². The topological polar surface area (TPSA) is 0 Å². The van der Waals surface area contributed by atoms with Gasteiger partial charge in [-0.2, -0.15) is 0 Å². The summed E-state index contributed by atoms with van der Waals surface area (Å²) in [4.78, 5) is 0. The van der Waals surface area contributed by atoms with E-state index in [1.807, 2.05) is 0 Å². The van der Waals surface area contributed by atoms with E-state index in [-0.39, 0.29) is 0 Å². The van der Waals surface area contributed by atoms with Crippen LogP contribution in [-0.4, -0.2) is 0 Å². The summed E-state index contributed by atoms with van der Waals surface area (Å²) in [6.07, 6.45) is 11.7. The molecule has 1 atom stereocenters. The van der Waals surface area contributed by atoms with Gasteiger partial charge in [0, 0.05) is 0 Å². The molecular formula is C30H44Hf. The van der Waals surface area contributed by atoms with Gasteiger partial charge in [-0.3, -0.25) is 0 Å². The van der Waals surface area contributed by atoms with Gasteiger partial charge in [0.1, 0.15) is 0 Å². The zero-order chi connectivity index (χ0) is 23.0. The molecule has 0 aliphatic heterocycles. The normalized spacial score (nSPS) is 26.1. The van der Waals surface area contributed by atoms with E-state index in [9.17, 15) is 0 Å². The van der Waals surface area contributed by atoms with Crippen LogP contribution in [0.2, 0.25) is 12.5 Å². The van der Waals surface area contributed by atoms with Gasteiger partial charge < -0.3 is 0 Å². The Bertz CT molecular complexity index is 1000. The Morgan fingerprint density at radius 3 is 1.97 bits per heavy atom. The van der Waals surface area contributed by atoms with Crippen LogP contribution in [0, 0.1) is 5.41 Å². The minimum atomic E-state index is -3.05. The van der Waals surface area contributed by atoms with Crippen molar-refractivity contribution >= 4 is 6.08 Å². The molecular weight excluding hydrogens is 539 g/mol. The molecule has 3 aliphatic carbocycles. The van der Waals surface area contributed by atoms with Gasteiger partial charge >= 0.3 is 197 Å². The van der Waals surface area contributed by atoms with Crippen molar-refractivity contribution < 1.29 is 20.0 Å². The molecule has 1 heteroatoms. The van der Waals surface area contributed by atoms with Crippen molar-refractivity contribution in [2.24, 2.45) is 5.41 Å². The second kappa shape index (κ2) is 7.41. The molecule has 0 saturated heterocycles. The summed E-state index contributed by atoms with van der Waals surface area (Å²) in [6, 6.07) is 5.26. The summed E-state index contributed by atoms with van der Waals surface area (Å²) in [5.41, 5.74) is 13.4. The van der Waals surface area contributed by atoms with E-state index in [4.69, 9.17) is 0 Å². The molecule has 1 aromatic carbocycles. The van der Waals surface area contributed by atoms with Gasteiger partial charge in [-0.1, -0.05) is 0 Å². The van der Waals surface area contributed by atoms with Gasteiger partial charge in [0.25, 0.3) is 0 Å². The molecule has 31 heavy (non-hydrogen) atoms. The molecule has 168 valence electrons. The fourth-order valence-corrected chi connectivity index (χ4v) is 26.6. The Balaban J connectivity index is 1.93. The molecule has 0 bridgehead atoms. The first-order chi connectivity index (χ1) is 14.3. The number of fused-ring (bicyclic) bond motifs is 2. The fraction of sp³-hybridized carbons (Fsp3) is 0.600. The number of unbranched alkanes of at least 4 members (excludes halogenated alkanes) is 1. The third-order valence-electron chi connectivity index (χ3n) is 10.2. The van der Waals surface area contributed by atoms with Crippen LogP contribution in [-0.2, 0) is 36.0 Å². The monoisotopic (exact) mass is 584 g/mol. The van der Waals surface area contributed by atoms with Gasteiger partial charge in [0.15, 0.2) is 0 Å². The summed E-state index contributed by atoms with van der Waals surface area (Å²) in [7, 11) is 0. The molecule has 0 aromatic heterocycles. The maximum atomic E-state index is 2.79. The van der Waals surface area contributed by atoms with E-state index in [0.717, 1.165) is 0 Å². The SMILES string of the molecule is CCCC[C]1([Hf]([CH3])([CH3])[C]2(C)C(C)=C(C)C(C)=C2C)C=Cc2cc3c(cc21)CC(C)(C)C3. The molecule has 3 aliphatic rings. The molecule has 0 heterocycles. The van der Waals surface area contributed by atoms with E-state index in [2.05, 4.69) is 89.0 Å². The van der Waals surface area contributed by atoms with Gasteiger partial charge in [0.2, 0.25) is 0 Å². The molecule has 0 saturated carbocycles. The zero-order valence-electron chi connectivity index (χ0n) is 21.8. The Morgan fingerprint density at radius 2 is 1.42 bits per heavy atom. The van der Waals surface area contributed by atoms with Gasteiger partial charge in [-0.05, 0) is 0 Å². The first kappa shape index (κ1) is 23.5. The molecule has 0 spiro atoms. The predicted octanol–water partition coefficient (Wildman–Crippen LogP) is 9.34. The van der Waals surface area contributed by atoms with Crippen molar-refractivity contribution in [3.63, 3.8) is 0 Å². The molecule has 1 aromatic rings. The first-order valence-corrected chi connectivity index (χ1v) is 23.3. The summed E-state index contributed by atoms with van der Waals surface area (Å²) >= 11 is -3.05. The summed E-state index contributed by atoms with van der Waals surface area (Å²) < 4.78 is 6.16. The van der Waals surface area contributed by atoms with Crippen LogP contribution in [0.15, 0.2) is 40.5 Å². The van der Waals surface area contributed by atoms with E-state index in [1.165, 1.54) is 32.1 Å². The molecule has 4 rings (SSSR count). The maximum absolute atomic E-state index is 3.05. The van der Waals surface area contributed by atoms with Crippen LogP contribution in [0.3, 0.4) is 0 Å². The van der Waals surface area contributed by atoms with Crippen molar-refractivity contribution in [3.8, 4) is 0 Å². The van der Waals surface area contributed by atoms with Crippen molar-refractivity contribution in [3.05, 3.63) is 62.8 Å². The quantitative estimate of drug-likeness (QED) is 0.303. The van der Waals surface area contributed by atoms with Crippen LogP contribution in [0.25, 0.3) is 6.08 Å². The number of hydrogen-bond donors (Lipinski definition) is 0. The van der Waals surface area contributed by atoms with Gasteiger partial charge in [-0.15, -0.1) is 0 Å². The Kier molecular flexibility index (Phi) is 5.61. The summed E-state index contributed by atoms with van der Waals surface area (Å²) in [5, 5.41) is 0. The third kappa shape index (κ3) is 3.08. The number of allylic oxidation sites excluding steroid dienone is 5. The van der Waals surface area contributed by atoms with Crippen LogP contribution >= 0.6 is 0 Å². The van der Waals surface area contributed by atoms with Crippen molar-refractivity contribution in [2.45, 2.75) is 103 Å². The van der Waals surface area contributed by atoms with E-state index in [1.54, 1.807) is 44.5 Å². The molecule has 0 nitrogen and oxygen atoms in total. The van der Waals surface area contributed by atoms with Crippen molar-refractivity contribution in [1.29, 1.82) is 0 Å². The van der Waals surface area contributed by atoms with Crippen LogP contribution < -0.4 is 0 Å². The zero-order valence-corrected chi connectivity index (χ0v) is 25.4. The van der Waals surface area contributed by atoms with E-state index in [0.29, 0.717) is 11.8 Å². The second-order valence-corrected chi connectivity index (χ2v) is 30.9. The van der Waals surface area contributed by atoms with Crippen molar-refractivity contribution in [1.82, 2.24) is 0 Å². The van der Waals surface area contributed by atoms with Crippen molar-refractivity contribution in [2.75, 3.05) is 0 Å². The standard InChI is InChI=1S/C18H23.C10H15.2CH3.Hf/c1-4-5-6-13-7-8-14-9-15-11-18(2,3)12-16(15)10-17(13)14;1-6-7(2)9(4)10(5)8(6)3;;;/h7-10H,4-6,11-12H2,1-3H3;1-5H3;2*1H3;. The Morgan fingerprint density at radius 1 is 0.871 bits per heavy atom. The Hall–Kier alpha value is -0.690. The summed E-state index contributed by atoms with van der Waals surface area (Å²) in [6.45, 7) is 19.5. The molecule has 0 radical (unpaired) electrons. The molecule has 0 N–H and O–H groups in total. The predicted molar refractivity (Wildman–Crippen MR) is 135 cm³/mol. The average molecular weight is 583 g/mol. The Labute approximate surface area is 196 Å². The van der Waals surface area contributed by atoms with Crippen LogP contribution in [0.5, 0.6) is 0 Å². The van der Waals surface area contributed by atoms with Gasteiger partial charge in [-0.25, -0.2) is 0 Å². The third-order valence-corrected chi connectivity index (χ3v) is 32.4. The van der Waals surface area contributed by atoms with Crippen LogP contribution in [0.4, 0.5) is 0 Å². The summed E-state index contributed by atoms with van der Waals surface area (Å²) in [5.74, 6) is 0. The second-order valence-electron chi connectivity index (χ2n) is 12.4. The molecule has 0 amide bonds. The number of hydrogen-bond acceptors (Lipinski definition) is 0. The molecule has 0 fully saturated rings. The first-order valence-electron chi connectivity index (χ1n) is 12.5. The number of benzene rings is 1. The average Bonchev–Trinajstić information content (AvgIpc) is 3.26. The van der Waals surface area contributed by atoms with Gasteiger partial charge in [0.05, 0.1) is 0 Å². The minimum absolute atomic E-state index is 0.291. The number of rotatable bonds is 5. The van der Waals surface area contributed by atoms with E-state index >= 15 is 0 Å². The molecule has 1 unspecified atom stereocenters. The van der Waals surface area contributed by atoms with Crippen LogP contribution in [0.1, 0.15) is 96.9 Å². The fourth-order valence-electron chi connectivity index (χ4n) is 7.49.